The van der Waals surface area contributed by atoms with E-state index in [1.807, 2.05) is 0 Å². The molecule has 0 radical (unpaired) electrons. The van der Waals surface area contributed by atoms with Crippen LogP contribution in [0.2, 0.25) is 0 Å². The van der Waals surface area contributed by atoms with E-state index in [9.17, 15) is 0 Å². The Morgan fingerprint density at radius 1 is 1.43 bits per heavy atom. The van der Waals surface area contributed by atoms with E-state index >= 15 is 0 Å². The number of hydrogen-bond acceptors (Lipinski definition) is 1. The fraction of sp³-hybridized carbons (Fsp3) is 1.00. The number of halogens is 1. The van der Waals surface area contributed by atoms with Gasteiger partial charge in [0, 0.05) is 4.75 Å². The summed E-state index contributed by atoms with van der Waals surface area (Å²) in [5.41, 5.74) is 0. The van der Waals surface area contributed by atoms with Crippen LogP contribution in [0.1, 0.15) is 27.2 Å². The highest BCUT2D eigenvalue weighted by Gasteiger charge is 2.04. The lowest BCUT2D eigenvalue weighted by Gasteiger charge is -2.11. The Labute approximate surface area is 57.5 Å². The molecule has 0 atom stereocenters. The molecule has 46 valence electrons. The molecule has 0 fully saturated rings. The lowest BCUT2D eigenvalue weighted by molar-refractivity contribution is 0.691. The smallest absolute Gasteiger partial charge is 0.00705 e. The van der Waals surface area contributed by atoms with Crippen LogP contribution in [-0.4, -0.2) is 4.75 Å². The van der Waals surface area contributed by atoms with Gasteiger partial charge < -0.3 is 0 Å². The van der Waals surface area contributed by atoms with Crippen molar-refractivity contribution in [2.75, 3.05) is 0 Å². The molecule has 0 saturated carbocycles. The summed E-state index contributed by atoms with van der Waals surface area (Å²) in [5, 5.41) is 0. The van der Waals surface area contributed by atoms with Crippen molar-refractivity contribution in [1.82, 2.24) is 0 Å². The Morgan fingerprint density at radius 3 is 1.57 bits per heavy atom. The normalized spacial score (nSPS) is 10.3. The summed E-state index contributed by atoms with van der Waals surface area (Å²) in [4.78, 5) is 0. The van der Waals surface area contributed by atoms with Gasteiger partial charge in [-0.3, -0.25) is 0 Å². The first-order valence-electron chi connectivity index (χ1n) is 2.28. The van der Waals surface area contributed by atoms with Gasteiger partial charge >= 0.3 is 0 Å². The van der Waals surface area contributed by atoms with Crippen molar-refractivity contribution in [2.24, 2.45) is 0 Å². The monoisotopic (exact) mass is 140 g/mol. The lowest BCUT2D eigenvalue weighted by atomic mass is 10.1. The van der Waals surface area contributed by atoms with Gasteiger partial charge in [-0.05, 0) is 6.42 Å². The van der Waals surface area contributed by atoms with E-state index in [0.717, 1.165) is 6.42 Å². The molecule has 0 nitrogen and oxygen atoms in total. The molecule has 0 amide bonds. The summed E-state index contributed by atoms with van der Waals surface area (Å²) in [7, 11) is 0. The third-order valence-corrected chi connectivity index (χ3v) is 1.18. The Morgan fingerprint density at radius 2 is 1.57 bits per heavy atom. The minimum absolute atomic E-state index is 0. The summed E-state index contributed by atoms with van der Waals surface area (Å²) in [5.74, 6) is 0. The first-order chi connectivity index (χ1) is 2.56. The average molecular weight is 141 g/mol. The van der Waals surface area contributed by atoms with Crippen molar-refractivity contribution in [1.29, 1.82) is 0 Å². The zero-order valence-electron chi connectivity index (χ0n) is 5.06. The topological polar surface area (TPSA) is 0 Å². The largest absolute Gasteiger partial charge is 0.173 e. The van der Waals surface area contributed by atoms with Gasteiger partial charge in [0.1, 0.15) is 0 Å². The molecule has 0 aliphatic carbocycles. The highest BCUT2D eigenvalue weighted by atomic mass is 35.5. The molecule has 0 bridgehead atoms. The second-order valence-electron chi connectivity index (χ2n) is 2.17. The molecule has 7 heavy (non-hydrogen) atoms. The number of hydrogen-bond donors (Lipinski definition) is 1. The summed E-state index contributed by atoms with van der Waals surface area (Å²) >= 11 is 4.25. The van der Waals surface area contributed by atoms with Gasteiger partial charge in [0.05, 0.1) is 0 Å². The van der Waals surface area contributed by atoms with E-state index in [2.05, 4.69) is 33.4 Å². The van der Waals surface area contributed by atoms with Crippen molar-refractivity contribution in [3.63, 3.8) is 0 Å². The maximum absolute atomic E-state index is 4.25. The average Bonchev–Trinajstić information content (AvgIpc) is 1.35. The molecule has 0 aliphatic heterocycles. The molecular formula is C5H13ClS. The minimum Gasteiger partial charge on any atom is -0.173 e. The van der Waals surface area contributed by atoms with Crippen LogP contribution in [0.5, 0.6) is 0 Å². The molecule has 0 rings (SSSR count). The standard InChI is InChI=1S/C5H12S.ClH/c1-4-5(2,3)6;/h6H,4H2,1-3H3;1H. The van der Waals surface area contributed by atoms with Crippen LogP contribution >= 0.6 is 25.0 Å². The van der Waals surface area contributed by atoms with Crippen LogP contribution in [0.3, 0.4) is 0 Å². The first kappa shape index (κ1) is 10.6. The summed E-state index contributed by atoms with van der Waals surface area (Å²) < 4.78 is 0.236. The summed E-state index contributed by atoms with van der Waals surface area (Å²) in [6.07, 6.45) is 1.14. The molecule has 0 aliphatic rings. The van der Waals surface area contributed by atoms with Gasteiger partial charge in [-0.15, -0.1) is 12.4 Å². The molecule has 0 spiro atoms. The van der Waals surface area contributed by atoms with E-state index in [4.69, 9.17) is 0 Å². The Bertz CT molecular complexity index is 37.8. The SMILES string of the molecule is CCC(C)(C)S.Cl. The second-order valence-corrected chi connectivity index (χ2v) is 3.38. The molecule has 0 heterocycles. The van der Waals surface area contributed by atoms with Crippen molar-refractivity contribution >= 4 is 25.0 Å². The van der Waals surface area contributed by atoms with Gasteiger partial charge in [0.25, 0.3) is 0 Å². The third kappa shape index (κ3) is 10.8. The van der Waals surface area contributed by atoms with E-state index in [1.54, 1.807) is 0 Å². The fourth-order valence-electron chi connectivity index (χ4n) is 0. The van der Waals surface area contributed by atoms with Gasteiger partial charge in [-0.2, -0.15) is 12.6 Å². The van der Waals surface area contributed by atoms with Crippen molar-refractivity contribution in [2.45, 2.75) is 31.9 Å². The van der Waals surface area contributed by atoms with Gasteiger partial charge in [0.15, 0.2) is 0 Å². The predicted molar refractivity (Wildman–Crippen MR) is 40.6 cm³/mol. The van der Waals surface area contributed by atoms with Gasteiger partial charge in [-0.25, -0.2) is 0 Å². The van der Waals surface area contributed by atoms with Crippen LogP contribution in [0.4, 0.5) is 0 Å². The predicted octanol–water partition coefficient (Wildman–Crippen LogP) is 2.53. The molecule has 0 N–H and O–H groups in total. The molecule has 0 saturated heterocycles. The van der Waals surface area contributed by atoms with E-state index in [-0.39, 0.29) is 17.2 Å². The zero-order chi connectivity index (χ0) is 5.21. The van der Waals surface area contributed by atoms with Crippen LogP contribution in [-0.2, 0) is 0 Å². The summed E-state index contributed by atoms with van der Waals surface area (Å²) in [6, 6.07) is 0. The Kier molecular flexibility index (Phi) is 5.47. The highest BCUT2D eigenvalue weighted by Crippen LogP contribution is 2.14. The molecule has 0 unspecified atom stereocenters. The van der Waals surface area contributed by atoms with E-state index in [0.29, 0.717) is 0 Å². The molecule has 0 aromatic rings. The minimum atomic E-state index is 0. The quantitative estimate of drug-likeness (QED) is 0.532. The maximum atomic E-state index is 4.25. The first-order valence-corrected chi connectivity index (χ1v) is 2.73. The third-order valence-electron chi connectivity index (χ3n) is 0.865. The van der Waals surface area contributed by atoms with Crippen molar-refractivity contribution in [3.8, 4) is 0 Å². The fourth-order valence-corrected chi connectivity index (χ4v) is 0. The molecular weight excluding hydrogens is 128 g/mol. The lowest BCUT2D eigenvalue weighted by Crippen LogP contribution is -2.06. The van der Waals surface area contributed by atoms with Gasteiger partial charge in [-0.1, -0.05) is 20.8 Å². The molecule has 0 aromatic heterocycles. The molecule has 2 heteroatoms. The number of rotatable bonds is 1. The zero-order valence-corrected chi connectivity index (χ0v) is 6.77. The number of thiol groups is 1. The summed E-state index contributed by atoms with van der Waals surface area (Å²) in [6.45, 7) is 6.35. The van der Waals surface area contributed by atoms with Crippen LogP contribution in [0, 0.1) is 0 Å². The van der Waals surface area contributed by atoms with E-state index < -0.39 is 0 Å². The van der Waals surface area contributed by atoms with Crippen molar-refractivity contribution < 1.29 is 0 Å². The second kappa shape index (κ2) is 3.62. The van der Waals surface area contributed by atoms with Crippen LogP contribution < -0.4 is 0 Å². The molecule has 0 aromatic carbocycles. The van der Waals surface area contributed by atoms with Crippen molar-refractivity contribution in [3.05, 3.63) is 0 Å². The maximum Gasteiger partial charge on any atom is 0.00705 e. The Hall–Kier alpha value is 0.640. The van der Waals surface area contributed by atoms with Gasteiger partial charge in [0.2, 0.25) is 0 Å². The van der Waals surface area contributed by atoms with Crippen LogP contribution in [0.15, 0.2) is 0 Å². The Balaban J connectivity index is 0. The van der Waals surface area contributed by atoms with E-state index in [1.165, 1.54) is 0 Å². The highest BCUT2D eigenvalue weighted by molar-refractivity contribution is 7.81. The van der Waals surface area contributed by atoms with Crippen LogP contribution in [0.25, 0.3) is 0 Å².